The number of furan rings is 1. The van der Waals surface area contributed by atoms with Crippen LogP contribution in [-0.2, 0) is 17.8 Å². The average Bonchev–Trinajstić information content (AvgIpc) is 3.04. The zero-order valence-corrected chi connectivity index (χ0v) is 13.4. The van der Waals surface area contributed by atoms with Gasteiger partial charge >= 0.3 is 0 Å². The highest BCUT2D eigenvalue weighted by molar-refractivity contribution is 5.21. The Morgan fingerprint density at radius 1 is 1.33 bits per heavy atom. The number of hydrogen-bond acceptors (Lipinski definition) is 4. The van der Waals surface area contributed by atoms with Crippen LogP contribution >= 0.6 is 0 Å². The van der Waals surface area contributed by atoms with Crippen LogP contribution in [0.5, 0.6) is 0 Å². The summed E-state index contributed by atoms with van der Waals surface area (Å²) in [6.07, 6.45) is 5.48. The smallest absolute Gasteiger partial charge is 0.118 e. The van der Waals surface area contributed by atoms with Gasteiger partial charge in [0.05, 0.1) is 12.6 Å². The summed E-state index contributed by atoms with van der Waals surface area (Å²) in [4.78, 5) is 2.42. The molecule has 0 bridgehead atoms. The van der Waals surface area contributed by atoms with Crippen molar-refractivity contribution in [2.75, 3.05) is 19.7 Å². The van der Waals surface area contributed by atoms with E-state index in [4.69, 9.17) is 9.15 Å². The van der Waals surface area contributed by atoms with E-state index < -0.39 is 0 Å². The lowest BCUT2D eigenvalue weighted by Crippen LogP contribution is -2.31. The third-order valence-corrected chi connectivity index (χ3v) is 4.54. The second-order valence-electron chi connectivity index (χ2n) is 6.41. The van der Waals surface area contributed by atoms with Gasteiger partial charge in [-0.25, -0.2) is 0 Å². The van der Waals surface area contributed by atoms with Gasteiger partial charge in [0.15, 0.2) is 0 Å². The molecule has 1 unspecified atom stereocenters. The Morgan fingerprint density at radius 2 is 2.19 bits per heavy atom. The summed E-state index contributed by atoms with van der Waals surface area (Å²) >= 11 is 0. The van der Waals surface area contributed by atoms with E-state index in [2.05, 4.69) is 30.1 Å². The maximum atomic E-state index is 5.94. The number of nitrogens with one attached hydrogen (secondary N) is 1. The lowest BCUT2D eigenvalue weighted by Gasteiger charge is -2.22. The summed E-state index contributed by atoms with van der Waals surface area (Å²) in [6.45, 7) is 9.10. The molecule has 0 aromatic carbocycles. The summed E-state index contributed by atoms with van der Waals surface area (Å²) in [5.41, 5.74) is 1.31. The van der Waals surface area contributed by atoms with Crippen molar-refractivity contribution in [3.05, 3.63) is 23.2 Å². The Hall–Kier alpha value is -0.840. The van der Waals surface area contributed by atoms with Gasteiger partial charge in [-0.2, -0.15) is 0 Å². The SMILES string of the molecule is CCN(Cc1cc(CNC2CC2)c(C)o1)CC1CCCO1. The number of ether oxygens (including phenoxy) is 1. The van der Waals surface area contributed by atoms with E-state index in [1.165, 1.54) is 31.2 Å². The number of rotatable bonds is 8. The van der Waals surface area contributed by atoms with Crippen molar-refractivity contribution in [3.8, 4) is 0 Å². The Labute approximate surface area is 127 Å². The van der Waals surface area contributed by atoms with E-state index in [-0.39, 0.29) is 0 Å². The normalized spacial score (nSPS) is 22.3. The van der Waals surface area contributed by atoms with Gasteiger partial charge in [0.2, 0.25) is 0 Å². The molecule has 2 fully saturated rings. The summed E-state index contributed by atoms with van der Waals surface area (Å²) in [5, 5.41) is 3.56. The second-order valence-corrected chi connectivity index (χ2v) is 6.41. The third-order valence-electron chi connectivity index (χ3n) is 4.54. The number of hydrogen-bond donors (Lipinski definition) is 1. The Bertz CT molecular complexity index is 448. The summed E-state index contributed by atoms with van der Waals surface area (Å²) in [7, 11) is 0. The number of likely N-dealkylation sites (N-methyl/N-ethyl adjacent to an activating group) is 1. The first-order valence-corrected chi connectivity index (χ1v) is 8.40. The zero-order valence-electron chi connectivity index (χ0n) is 13.4. The first-order chi connectivity index (χ1) is 10.2. The molecule has 1 saturated heterocycles. The van der Waals surface area contributed by atoms with Gasteiger partial charge in [-0.05, 0) is 45.2 Å². The standard InChI is InChI=1S/C17H28N2O2/c1-3-19(11-16-5-4-8-20-16)12-17-9-14(13(2)21-17)10-18-15-6-7-15/h9,15-16,18H,3-8,10-12H2,1-2H3. The summed E-state index contributed by atoms with van der Waals surface area (Å²) < 4.78 is 11.7. The first kappa shape index (κ1) is 15.1. The second kappa shape index (κ2) is 6.95. The van der Waals surface area contributed by atoms with E-state index >= 15 is 0 Å². The predicted octanol–water partition coefficient (Wildman–Crippen LogP) is 2.84. The molecule has 0 radical (unpaired) electrons. The monoisotopic (exact) mass is 292 g/mol. The molecule has 0 amide bonds. The van der Waals surface area contributed by atoms with Crippen LogP contribution in [0.2, 0.25) is 0 Å². The molecule has 1 atom stereocenters. The van der Waals surface area contributed by atoms with Crippen LogP contribution in [0, 0.1) is 6.92 Å². The number of nitrogens with zero attached hydrogens (tertiary/aromatic N) is 1. The maximum absolute atomic E-state index is 5.94. The van der Waals surface area contributed by atoms with Crippen LogP contribution in [0.3, 0.4) is 0 Å². The van der Waals surface area contributed by atoms with Gasteiger partial charge in [-0.15, -0.1) is 0 Å². The fourth-order valence-electron chi connectivity index (χ4n) is 2.98. The molecule has 4 nitrogen and oxygen atoms in total. The van der Waals surface area contributed by atoms with Gasteiger partial charge in [-0.1, -0.05) is 6.92 Å². The van der Waals surface area contributed by atoms with Crippen LogP contribution < -0.4 is 5.32 Å². The molecule has 3 rings (SSSR count). The molecule has 21 heavy (non-hydrogen) atoms. The van der Waals surface area contributed by atoms with E-state index in [9.17, 15) is 0 Å². The Balaban J connectivity index is 1.53. The van der Waals surface area contributed by atoms with Crippen LogP contribution in [-0.4, -0.2) is 36.7 Å². The van der Waals surface area contributed by atoms with Gasteiger partial charge in [-0.3, -0.25) is 4.90 Å². The maximum Gasteiger partial charge on any atom is 0.118 e. The molecule has 118 valence electrons. The molecular formula is C17H28N2O2. The zero-order chi connectivity index (χ0) is 14.7. The molecule has 2 heterocycles. The van der Waals surface area contributed by atoms with Gasteiger partial charge < -0.3 is 14.5 Å². The molecule has 1 aliphatic carbocycles. The fourth-order valence-corrected chi connectivity index (χ4v) is 2.98. The van der Waals surface area contributed by atoms with Crippen molar-refractivity contribution < 1.29 is 9.15 Å². The molecule has 2 aliphatic rings. The fraction of sp³-hybridized carbons (Fsp3) is 0.765. The van der Waals surface area contributed by atoms with Crippen molar-refractivity contribution in [2.45, 2.75) is 64.8 Å². The molecule has 1 aromatic rings. The quantitative estimate of drug-likeness (QED) is 0.799. The minimum absolute atomic E-state index is 0.414. The van der Waals surface area contributed by atoms with Crippen molar-refractivity contribution >= 4 is 0 Å². The molecular weight excluding hydrogens is 264 g/mol. The molecule has 1 N–H and O–H groups in total. The van der Waals surface area contributed by atoms with Crippen molar-refractivity contribution in [3.63, 3.8) is 0 Å². The highest BCUT2D eigenvalue weighted by atomic mass is 16.5. The number of aryl methyl sites for hydroxylation is 1. The lowest BCUT2D eigenvalue weighted by atomic mass is 10.2. The van der Waals surface area contributed by atoms with Crippen LogP contribution in [0.15, 0.2) is 10.5 Å². The summed E-state index contributed by atoms with van der Waals surface area (Å²) in [6, 6.07) is 2.97. The van der Waals surface area contributed by atoms with Crippen molar-refractivity contribution in [2.24, 2.45) is 0 Å². The third kappa shape index (κ3) is 4.31. The lowest BCUT2D eigenvalue weighted by molar-refractivity contribution is 0.0702. The first-order valence-electron chi connectivity index (χ1n) is 8.40. The van der Waals surface area contributed by atoms with E-state index in [1.807, 2.05) is 0 Å². The molecule has 0 spiro atoms. The van der Waals surface area contributed by atoms with Crippen LogP contribution in [0.1, 0.15) is 49.7 Å². The highest BCUT2D eigenvalue weighted by Crippen LogP contribution is 2.22. The molecule has 1 aliphatic heterocycles. The summed E-state index contributed by atoms with van der Waals surface area (Å²) in [5.74, 6) is 2.14. The average molecular weight is 292 g/mol. The minimum atomic E-state index is 0.414. The predicted molar refractivity (Wildman–Crippen MR) is 83.2 cm³/mol. The van der Waals surface area contributed by atoms with Gasteiger partial charge in [0.1, 0.15) is 11.5 Å². The minimum Gasteiger partial charge on any atom is -0.465 e. The van der Waals surface area contributed by atoms with E-state index in [0.29, 0.717) is 6.10 Å². The van der Waals surface area contributed by atoms with Gasteiger partial charge in [0.25, 0.3) is 0 Å². The van der Waals surface area contributed by atoms with Crippen molar-refractivity contribution in [1.29, 1.82) is 0 Å². The van der Waals surface area contributed by atoms with Crippen LogP contribution in [0.4, 0.5) is 0 Å². The van der Waals surface area contributed by atoms with Crippen LogP contribution in [0.25, 0.3) is 0 Å². The van der Waals surface area contributed by atoms with Gasteiger partial charge in [0, 0.05) is 31.3 Å². The van der Waals surface area contributed by atoms with E-state index in [0.717, 1.165) is 50.3 Å². The topological polar surface area (TPSA) is 37.6 Å². The Morgan fingerprint density at radius 3 is 2.86 bits per heavy atom. The highest BCUT2D eigenvalue weighted by Gasteiger charge is 2.22. The largest absolute Gasteiger partial charge is 0.465 e. The Kier molecular flexibility index (Phi) is 4.99. The molecule has 4 heteroatoms. The molecule has 1 aromatic heterocycles. The van der Waals surface area contributed by atoms with E-state index in [1.54, 1.807) is 0 Å². The molecule has 1 saturated carbocycles. The van der Waals surface area contributed by atoms with Crippen molar-refractivity contribution in [1.82, 2.24) is 10.2 Å².